The lowest BCUT2D eigenvalue weighted by molar-refractivity contribution is 0.448. The number of nitrogens with zero attached hydrogens (tertiary/aromatic N) is 1. The van der Waals surface area contributed by atoms with Crippen LogP contribution in [0.5, 0.6) is 0 Å². The van der Waals surface area contributed by atoms with Crippen molar-refractivity contribution in [2.45, 2.75) is 79.6 Å². The third-order valence-corrected chi connectivity index (χ3v) is 5.62. The standard InChI is InChI=1S/C27H40N2/c1-7-11-24(8-2)20-29-23(6)27(19-28)17-14-21(4)12-10-13-26-18-22(5)15-16-25(26)9-3/h14-18,24,29H,6-13,20H2,1-5H3/b21-14+,27-17-. The van der Waals surface area contributed by atoms with Crippen LogP contribution in [0.4, 0.5) is 0 Å². The molecule has 2 heteroatoms. The molecule has 1 atom stereocenters. The Kier molecular flexibility index (Phi) is 11.8. The van der Waals surface area contributed by atoms with Gasteiger partial charge in [0.2, 0.25) is 0 Å². The van der Waals surface area contributed by atoms with E-state index in [-0.39, 0.29) is 0 Å². The molecule has 1 aromatic carbocycles. The van der Waals surface area contributed by atoms with Crippen molar-refractivity contribution in [1.82, 2.24) is 5.32 Å². The normalized spacial score (nSPS) is 13.1. The van der Waals surface area contributed by atoms with Crippen molar-refractivity contribution in [2.24, 2.45) is 5.92 Å². The molecular weight excluding hydrogens is 352 g/mol. The number of aryl methyl sites for hydroxylation is 3. The van der Waals surface area contributed by atoms with Gasteiger partial charge >= 0.3 is 0 Å². The van der Waals surface area contributed by atoms with Crippen molar-refractivity contribution in [3.05, 3.63) is 70.5 Å². The zero-order chi connectivity index (χ0) is 21.6. The molecule has 0 aliphatic carbocycles. The lowest BCUT2D eigenvalue weighted by Crippen LogP contribution is -2.22. The average Bonchev–Trinajstić information content (AvgIpc) is 2.71. The van der Waals surface area contributed by atoms with E-state index in [4.69, 9.17) is 0 Å². The smallest absolute Gasteiger partial charge is 0.101 e. The highest BCUT2D eigenvalue weighted by Crippen LogP contribution is 2.17. The summed E-state index contributed by atoms with van der Waals surface area (Å²) in [4.78, 5) is 0. The Morgan fingerprint density at radius 1 is 1.21 bits per heavy atom. The van der Waals surface area contributed by atoms with Crippen molar-refractivity contribution in [2.75, 3.05) is 6.54 Å². The van der Waals surface area contributed by atoms with Gasteiger partial charge < -0.3 is 5.32 Å². The van der Waals surface area contributed by atoms with Crippen molar-refractivity contribution in [3.8, 4) is 6.07 Å². The second-order valence-electron chi connectivity index (χ2n) is 8.11. The van der Waals surface area contributed by atoms with Crippen molar-refractivity contribution in [1.29, 1.82) is 5.26 Å². The van der Waals surface area contributed by atoms with Gasteiger partial charge in [-0.2, -0.15) is 5.26 Å². The molecule has 0 amide bonds. The molecule has 1 N–H and O–H groups in total. The van der Waals surface area contributed by atoms with E-state index >= 15 is 0 Å². The molecule has 0 aromatic heterocycles. The van der Waals surface area contributed by atoms with Crippen LogP contribution in [0.15, 0.2) is 53.8 Å². The zero-order valence-corrected chi connectivity index (χ0v) is 19.3. The summed E-state index contributed by atoms with van der Waals surface area (Å²) in [5.74, 6) is 0.642. The van der Waals surface area contributed by atoms with Crippen LogP contribution in [-0.4, -0.2) is 6.54 Å². The number of allylic oxidation sites excluding steroid dienone is 4. The summed E-state index contributed by atoms with van der Waals surface area (Å²) < 4.78 is 0. The lowest BCUT2D eigenvalue weighted by atomic mass is 9.97. The second-order valence-corrected chi connectivity index (χ2v) is 8.11. The summed E-state index contributed by atoms with van der Waals surface area (Å²) in [6, 6.07) is 9.07. The van der Waals surface area contributed by atoms with Gasteiger partial charge in [0.05, 0.1) is 5.57 Å². The third-order valence-electron chi connectivity index (χ3n) is 5.62. The Bertz CT molecular complexity index is 746. The van der Waals surface area contributed by atoms with E-state index in [1.807, 2.05) is 6.08 Å². The fraction of sp³-hybridized carbons (Fsp3) is 0.519. The maximum absolute atomic E-state index is 9.50. The fourth-order valence-electron chi connectivity index (χ4n) is 3.63. The van der Waals surface area contributed by atoms with Crippen molar-refractivity contribution >= 4 is 0 Å². The molecular formula is C27H40N2. The molecule has 0 saturated heterocycles. The third kappa shape index (κ3) is 9.18. The first kappa shape index (κ1) is 24.8. The molecule has 0 radical (unpaired) electrons. The molecule has 0 spiro atoms. The Morgan fingerprint density at radius 3 is 2.59 bits per heavy atom. The first-order valence-electron chi connectivity index (χ1n) is 11.2. The molecule has 2 nitrogen and oxygen atoms in total. The molecule has 1 rings (SSSR count). The maximum atomic E-state index is 9.50. The Hall–Kier alpha value is -2.27. The first-order valence-corrected chi connectivity index (χ1v) is 11.2. The van der Waals surface area contributed by atoms with Crippen molar-refractivity contribution < 1.29 is 0 Å². The maximum Gasteiger partial charge on any atom is 0.101 e. The number of nitriles is 1. The Morgan fingerprint density at radius 2 is 1.97 bits per heavy atom. The molecule has 29 heavy (non-hydrogen) atoms. The van der Waals surface area contributed by atoms with Gasteiger partial charge in [-0.05, 0) is 69.1 Å². The van der Waals surface area contributed by atoms with Crippen LogP contribution < -0.4 is 5.32 Å². The van der Waals surface area contributed by atoms with E-state index in [1.54, 1.807) is 0 Å². The number of nitrogens with one attached hydrogen (secondary N) is 1. The van der Waals surface area contributed by atoms with Gasteiger partial charge in [0.25, 0.3) is 0 Å². The summed E-state index contributed by atoms with van der Waals surface area (Å²) in [5.41, 5.74) is 6.93. The van der Waals surface area contributed by atoms with Crippen LogP contribution in [0.3, 0.4) is 0 Å². The molecule has 0 aliphatic heterocycles. The largest absolute Gasteiger partial charge is 0.384 e. The van der Waals surface area contributed by atoms with Crippen molar-refractivity contribution in [3.63, 3.8) is 0 Å². The minimum Gasteiger partial charge on any atom is -0.384 e. The lowest BCUT2D eigenvalue weighted by Gasteiger charge is -2.16. The van der Waals surface area contributed by atoms with Gasteiger partial charge in [0, 0.05) is 12.2 Å². The highest BCUT2D eigenvalue weighted by atomic mass is 14.9. The fourth-order valence-corrected chi connectivity index (χ4v) is 3.63. The number of hydrogen-bond acceptors (Lipinski definition) is 2. The number of benzene rings is 1. The molecule has 0 fully saturated rings. The summed E-state index contributed by atoms with van der Waals surface area (Å²) in [6.07, 6.45) is 11.9. The van der Waals surface area contributed by atoms with Gasteiger partial charge in [-0.25, -0.2) is 0 Å². The number of rotatable bonds is 13. The van der Waals surface area contributed by atoms with Crippen LogP contribution in [0.1, 0.15) is 76.5 Å². The van der Waals surface area contributed by atoms with Gasteiger partial charge in [0.15, 0.2) is 0 Å². The minimum atomic E-state index is 0.627. The van der Waals surface area contributed by atoms with Gasteiger partial charge in [-0.15, -0.1) is 0 Å². The molecule has 158 valence electrons. The van der Waals surface area contributed by atoms with Crippen LogP contribution in [0, 0.1) is 24.2 Å². The Labute approximate surface area is 179 Å². The quantitative estimate of drug-likeness (QED) is 0.284. The van der Waals surface area contributed by atoms with E-state index in [0.29, 0.717) is 11.5 Å². The molecule has 1 aromatic rings. The second kappa shape index (κ2) is 13.8. The monoisotopic (exact) mass is 392 g/mol. The van der Waals surface area contributed by atoms with Gasteiger partial charge in [-0.1, -0.05) is 75.6 Å². The number of hydrogen-bond donors (Lipinski definition) is 1. The molecule has 0 aliphatic rings. The predicted octanol–water partition coefficient (Wildman–Crippen LogP) is 7.21. The molecule has 0 saturated carbocycles. The summed E-state index contributed by atoms with van der Waals surface area (Å²) in [6.45, 7) is 15.9. The zero-order valence-electron chi connectivity index (χ0n) is 19.3. The topological polar surface area (TPSA) is 35.8 Å². The molecule has 0 heterocycles. The van der Waals surface area contributed by atoms with Gasteiger partial charge in [0.1, 0.15) is 6.07 Å². The minimum absolute atomic E-state index is 0.627. The van der Waals surface area contributed by atoms with E-state index < -0.39 is 0 Å². The summed E-state index contributed by atoms with van der Waals surface area (Å²) in [7, 11) is 0. The summed E-state index contributed by atoms with van der Waals surface area (Å²) in [5, 5.41) is 12.9. The highest BCUT2D eigenvalue weighted by molar-refractivity contribution is 5.42. The average molecular weight is 393 g/mol. The van der Waals surface area contributed by atoms with E-state index in [1.165, 1.54) is 35.1 Å². The van der Waals surface area contributed by atoms with Crippen LogP contribution in [0.25, 0.3) is 0 Å². The molecule has 0 bridgehead atoms. The van der Waals surface area contributed by atoms with Crippen LogP contribution in [-0.2, 0) is 12.8 Å². The van der Waals surface area contributed by atoms with Crippen LogP contribution >= 0.6 is 0 Å². The van der Waals surface area contributed by atoms with Crippen LogP contribution in [0.2, 0.25) is 0 Å². The van der Waals surface area contributed by atoms with E-state index in [9.17, 15) is 5.26 Å². The van der Waals surface area contributed by atoms with E-state index in [2.05, 4.69) is 76.9 Å². The summed E-state index contributed by atoms with van der Waals surface area (Å²) >= 11 is 0. The first-order chi connectivity index (χ1) is 13.9. The Balaban J connectivity index is 2.60. The molecule has 1 unspecified atom stereocenters. The predicted molar refractivity (Wildman–Crippen MR) is 127 cm³/mol. The highest BCUT2D eigenvalue weighted by Gasteiger charge is 2.07. The SMILES string of the molecule is C=C(NCC(CC)CCC)/C(C#N)=C\C=C(/C)CCCc1cc(C)ccc1CC. The van der Waals surface area contributed by atoms with Gasteiger partial charge in [-0.3, -0.25) is 0 Å². The van der Waals surface area contributed by atoms with E-state index in [0.717, 1.165) is 44.3 Å².